The predicted molar refractivity (Wildman–Crippen MR) is 49.0 cm³/mol. The monoisotopic (exact) mass is 215 g/mol. The average molecular weight is 215 g/mol. The Labute approximate surface area is 86.8 Å². The summed E-state index contributed by atoms with van der Waals surface area (Å²) >= 11 is 0. The Morgan fingerprint density at radius 1 is 1.60 bits per heavy atom. The minimum Gasteiger partial charge on any atom is -0.480 e. The van der Waals surface area contributed by atoms with Crippen LogP contribution in [0.4, 0.5) is 0 Å². The van der Waals surface area contributed by atoms with Crippen molar-refractivity contribution in [2.24, 2.45) is 5.92 Å². The summed E-state index contributed by atoms with van der Waals surface area (Å²) in [4.78, 5) is 34.1. The van der Waals surface area contributed by atoms with Gasteiger partial charge in [-0.25, -0.2) is 0 Å². The zero-order chi connectivity index (χ0) is 11.4. The minimum atomic E-state index is -1.08. The highest BCUT2D eigenvalue weighted by Gasteiger charge is 2.35. The van der Waals surface area contributed by atoms with E-state index >= 15 is 0 Å². The molecule has 0 radical (unpaired) electrons. The number of carbonyl (C=O) groups excluding carboxylic acids is 2. The number of carboxylic acids is 1. The first-order valence-corrected chi connectivity index (χ1v) is 4.70. The number of nitrogens with zero attached hydrogens (tertiary/aromatic N) is 1. The standard InChI is InChI=1S/C9H13NO5/c1-2-15-9(14)6-3-7(11)10(4-6)5-8(12)13/h6H,2-5H2,1H3,(H,12,13). The van der Waals surface area contributed by atoms with Crippen molar-refractivity contribution in [1.29, 1.82) is 0 Å². The quantitative estimate of drug-likeness (QED) is 0.638. The second kappa shape index (κ2) is 4.77. The first-order chi connectivity index (χ1) is 7.04. The van der Waals surface area contributed by atoms with Crippen LogP contribution in [-0.4, -0.2) is 47.5 Å². The van der Waals surface area contributed by atoms with E-state index in [9.17, 15) is 14.4 Å². The Morgan fingerprint density at radius 2 is 2.27 bits per heavy atom. The molecular formula is C9H13NO5. The molecule has 6 nitrogen and oxygen atoms in total. The van der Waals surface area contributed by atoms with Crippen molar-refractivity contribution in [3.63, 3.8) is 0 Å². The fraction of sp³-hybridized carbons (Fsp3) is 0.667. The topological polar surface area (TPSA) is 83.9 Å². The van der Waals surface area contributed by atoms with E-state index in [0.29, 0.717) is 0 Å². The molecule has 1 aliphatic rings. The third kappa shape index (κ3) is 2.93. The fourth-order valence-electron chi connectivity index (χ4n) is 1.51. The largest absolute Gasteiger partial charge is 0.480 e. The maximum atomic E-state index is 11.3. The Hall–Kier alpha value is -1.59. The maximum absolute atomic E-state index is 11.3. The smallest absolute Gasteiger partial charge is 0.323 e. The molecule has 1 heterocycles. The van der Waals surface area contributed by atoms with Crippen LogP contribution in [0, 0.1) is 5.92 Å². The number of esters is 1. The first-order valence-electron chi connectivity index (χ1n) is 4.70. The summed E-state index contributed by atoms with van der Waals surface area (Å²) in [5, 5.41) is 8.51. The Balaban J connectivity index is 2.51. The second-order valence-corrected chi connectivity index (χ2v) is 3.32. The Morgan fingerprint density at radius 3 is 2.80 bits per heavy atom. The maximum Gasteiger partial charge on any atom is 0.323 e. The van der Waals surface area contributed by atoms with Gasteiger partial charge in [0.25, 0.3) is 0 Å². The zero-order valence-corrected chi connectivity index (χ0v) is 8.43. The van der Waals surface area contributed by atoms with Crippen LogP contribution in [0.15, 0.2) is 0 Å². The molecule has 1 N–H and O–H groups in total. The third-order valence-electron chi connectivity index (χ3n) is 2.16. The van der Waals surface area contributed by atoms with Crippen molar-refractivity contribution < 1.29 is 24.2 Å². The van der Waals surface area contributed by atoms with E-state index in [-0.39, 0.29) is 32.0 Å². The van der Waals surface area contributed by atoms with Gasteiger partial charge in [-0.15, -0.1) is 0 Å². The van der Waals surface area contributed by atoms with Gasteiger partial charge in [0.2, 0.25) is 5.91 Å². The van der Waals surface area contributed by atoms with Crippen LogP contribution in [0.2, 0.25) is 0 Å². The molecular weight excluding hydrogens is 202 g/mol. The van der Waals surface area contributed by atoms with Crippen LogP contribution >= 0.6 is 0 Å². The second-order valence-electron chi connectivity index (χ2n) is 3.32. The number of aliphatic carboxylic acids is 1. The van der Waals surface area contributed by atoms with Crippen LogP contribution in [0.3, 0.4) is 0 Å². The summed E-state index contributed by atoms with van der Waals surface area (Å²) < 4.78 is 4.76. The van der Waals surface area contributed by atoms with Gasteiger partial charge < -0.3 is 14.7 Å². The molecule has 1 amide bonds. The molecule has 0 saturated carbocycles. The van der Waals surface area contributed by atoms with Gasteiger partial charge in [-0.05, 0) is 6.92 Å². The van der Waals surface area contributed by atoms with Gasteiger partial charge in [0.15, 0.2) is 0 Å². The fourth-order valence-corrected chi connectivity index (χ4v) is 1.51. The van der Waals surface area contributed by atoms with E-state index in [2.05, 4.69) is 0 Å². The number of carboxylic acid groups (broad SMARTS) is 1. The van der Waals surface area contributed by atoms with E-state index < -0.39 is 17.9 Å². The van der Waals surface area contributed by atoms with Gasteiger partial charge in [-0.2, -0.15) is 0 Å². The number of rotatable bonds is 4. The highest BCUT2D eigenvalue weighted by atomic mass is 16.5. The minimum absolute atomic E-state index is 0.0477. The molecule has 0 aromatic rings. The van der Waals surface area contributed by atoms with Gasteiger partial charge in [-0.3, -0.25) is 14.4 Å². The molecule has 1 rings (SSSR count). The van der Waals surface area contributed by atoms with Gasteiger partial charge >= 0.3 is 11.9 Å². The Kier molecular flexibility index (Phi) is 3.65. The molecule has 0 aromatic carbocycles. The summed E-state index contributed by atoms with van der Waals surface area (Å²) in [6.45, 7) is 1.74. The summed E-state index contributed by atoms with van der Waals surface area (Å²) in [7, 11) is 0. The molecule has 0 spiro atoms. The highest BCUT2D eigenvalue weighted by molar-refractivity contribution is 5.88. The van der Waals surface area contributed by atoms with Crippen LogP contribution < -0.4 is 0 Å². The molecule has 1 atom stereocenters. The van der Waals surface area contributed by atoms with E-state index in [1.807, 2.05) is 0 Å². The van der Waals surface area contributed by atoms with E-state index in [1.165, 1.54) is 0 Å². The molecule has 0 bridgehead atoms. The highest BCUT2D eigenvalue weighted by Crippen LogP contribution is 2.18. The van der Waals surface area contributed by atoms with Crippen LogP contribution in [0.5, 0.6) is 0 Å². The van der Waals surface area contributed by atoms with E-state index in [4.69, 9.17) is 9.84 Å². The number of carbonyl (C=O) groups is 3. The van der Waals surface area contributed by atoms with E-state index in [0.717, 1.165) is 4.90 Å². The number of hydrogen-bond donors (Lipinski definition) is 1. The zero-order valence-electron chi connectivity index (χ0n) is 8.43. The van der Waals surface area contributed by atoms with Crippen molar-refractivity contribution in [3.8, 4) is 0 Å². The molecule has 1 aliphatic heterocycles. The summed E-state index contributed by atoms with van der Waals surface area (Å²) in [5.41, 5.74) is 0. The molecule has 1 unspecified atom stereocenters. The van der Waals surface area contributed by atoms with Gasteiger partial charge in [-0.1, -0.05) is 0 Å². The van der Waals surface area contributed by atoms with Crippen molar-refractivity contribution in [3.05, 3.63) is 0 Å². The van der Waals surface area contributed by atoms with Gasteiger partial charge in [0.05, 0.1) is 12.5 Å². The van der Waals surface area contributed by atoms with Gasteiger partial charge in [0, 0.05) is 13.0 Å². The summed E-state index contributed by atoms with van der Waals surface area (Å²) in [6, 6.07) is 0. The van der Waals surface area contributed by atoms with Crippen LogP contribution in [0.1, 0.15) is 13.3 Å². The van der Waals surface area contributed by atoms with Crippen molar-refractivity contribution in [2.45, 2.75) is 13.3 Å². The lowest BCUT2D eigenvalue weighted by Gasteiger charge is -2.12. The predicted octanol–water partition coefficient (Wildman–Crippen LogP) is -0.517. The lowest BCUT2D eigenvalue weighted by molar-refractivity contribution is -0.148. The molecule has 1 saturated heterocycles. The van der Waals surface area contributed by atoms with E-state index in [1.54, 1.807) is 6.92 Å². The Bertz CT molecular complexity index is 288. The molecule has 84 valence electrons. The molecule has 1 fully saturated rings. The molecule has 0 aliphatic carbocycles. The van der Waals surface area contributed by atoms with Crippen molar-refractivity contribution in [1.82, 2.24) is 4.90 Å². The number of ether oxygens (including phenoxy) is 1. The lowest BCUT2D eigenvalue weighted by Crippen LogP contribution is -2.31. The molecule has 15 heavy (non-hydrogen) atoms. The number of amides is 1. The average Bonchev–Trinajstić information content (AvgIpc) is 2.47. The van der Waals surface area contributed by atoms with Crippen molar-refractivity contribution in [2.75, 3.05) is 19.7 Å². The molecule has 6 heteroatoms. The first kappa shape index (κ1) is 11.5. The van der Waals surface area contributed by atoms with Gasteiger partial charge in [0.1, 0.15) is 6.54 Å². The molecule has 0 aromatic heterocycles. The van der Waals surface area contributed by atoms with Crippen LogP contribution in [-0.2, 0) is 19.1 Å². The lowest BCUT2D eigenvalue weighted by atomic mass is 10.1. The third-order valence-corrected chi connectivity index (χ3v) is 2.16. The van der Waals surface area contributed by atoms with Crippen molar-refractivity contribution >= 4 is 17.8 Å². The van der Waals surface area contributed by atoms with Crippen LogP contribution in [0.25, 0.3) is 0 Å². The SMILES string of the molecule is CCOC(=O)C1CC(=O)N(CC(=O)O)C1. The number of hydrogen-bond acceptors (Lipinski definition) is 4. The summed E-state index contributed by atoms with van der Waals surface area (Å²) in [5.74, 6) is -2.33. The number of likely N-dealkylation sites (tertiary alicyclic amines) is 1. The summed E-state index contributed by atoms with van der Waals surface area (Å²) in [6.07, 6.45) is 0.0477. The normalized spacial score (nSPS) is 20.5.